The van der Waals surface area contributed by atoms with Gasteiger partial charge in [0.2, 0.25) is 0 Å². The van der Waals surface area contributed by atoms with Crippen LogP contribution in [0.25, 0.3) is 0 Å². The predicted octanol–water partition coefficient (Wildman–Crippen LogP) is 8.94. The molecule has 29 nitrogen and oxygen atoms in total. The van der Waals surface area contributed by atoms with Gasteiger partial charge < -0.3 is 108 Å². The Labute approximate surface area is 702 Å². The van der Waals surface area contributed by atoms with Crippen molar-refractivity contribution in [2.24, 2.45) is 0 Å². The number of Topliss-reactive ketones (excluding diaryl/α,β-unsaturated/α-hetero) is 1. The molecule has 9 heterocycles. The van der Waals surface area contributed by atoms with Gasteiger partial charge in [-0.25, -0.2) is 0 Å². The van der Waals surface area contributed by atoms with Crippen LogP contribution in [0.1, 0.15) is 139 Å². The first-order valence-corrected chi connectivity index (χ1v) is 42.1. The fourth-order valence-corrected chi connectivity index (χ4v) is 12.4. The van der Waals surface area contributed by atoms with Gasteiger partial charge in [0.05, 0.1) is 118 Å². The molecule has 658 valence electrons. The van der Waals surface area contributed by atoms with E-state index >= 15 is 0 Å². The van der Waals surface area contributed by atoms with E-state index < -0.39 is 18.0 Å². The summed E-state index contributed by atoms with van der Waals surface area (Å²) in [5, 5.41) is 90.6. The number of aliphatic hydroxyl groups is 9. The van der Waals surface area contributed by atoms with Crippen molar-refractivity contribution in [3.63, 3.8) is 0 Å². The van der Waals surface area contributed by atoms with Crippen LogP contribution >= 0.6 is 0 Å². The van der Waals surface area contributed by atoms with E-state index in [2.05, 4.69) is 102 Å². The van der Waals surface area contributed by atoms with E-state index in [4.69, 9.17) is 93.3 Å². The number of carbonyl (C=O) groups is 1. The lowest BCUT2D eigenvalue weighted by Crippen LogP contribution is -2.49. The molecule has 0 amide bonds. The van der Waals surface area contributed by atoms with Crippen molar-refractivity contribution >= 4 is 23.2 Å². The number of anilines is 3. The van der Waals surface area contributed by atoms with Crippen molar-refractivity contribution in [1.82, 2.24) is 29.3 Å². The minimum atomic E-state index is -0.954. The Kier molecular flexibility index (Phi) is 47.9. The summed E-state index contributed by atoms with van der Waals surface area (Å²) in [6.45, 7) is 20.1. The Hall–Kier alpha value is -7.96. The molecule has 0 radical (unpaired) electrons. The van der Waals surface area contributed by atoms with E-state index in [1.165, 1.54) is 16.7 Å². The topological polar surface area (TPSA) is 355 Å². The van der Waals surface area contributed by atoms with Crippen molar-refractivity contribution in [2.75, 3.05) is 160 Å². The second-order valence-corrected chi connectivity index (χ2v) is 29.5. The number of rotatable bonds is 33. The average molecular weight is 1660 g/mol. The standard InChI is InChI=1S/C21H29N3O3.C14H17N3O.C14H15N3O.C14H20O3.C10H12O3.2C7H16O3.C3H8O3/c1-2-3-13-25-19-15-26-21(27-16-19)10-12-23(17-21)20-9-11-24(22-20)14-18-7-5-4-6-8-18;2*18-13-6-8-16(11-13)14-7-9-17(15-14)10-12-4-2-1-3-5-12;1-2-3-9-15-13-10-16-14(17-11-13)12-7-5-4-6-8-12;11-9-6-12-10(13-7-9)8-4-2-1-3-5-8;2*1-2-3-4-10-7(5-8)6-9;4-1-3(6)2-5/h4-9,11,19H,2-3,10,12-17H2,1H3;1-5,7,9,13,18H,6,8,10-11H2;1-5,7,9H,6,8,10-11H2;4-8,13-14H,2-3,9-11H2,1H3;1-5,9-11H,6-7H2;2*7-9H,2-6H2,1H3;3-6H,1-2H2. The number of unbranched alkanes of at least 4 members (excludes halogenated alkanes) is 4. The first kappa shape index (κ1) is 98.2. The van der Waals surface area contributed by atoms with Crippen LogP contribution in [-0.2, 0) is 71.8 Å². The molecule has 14 rings (SSSR count). The SMILES string of the molecule is CCCCOC(CO)CO.CCCCOC(CO)CO.CCCCOC1COC(c2ccccc2)OC1.CCCCOC1COC2(CCN(c3ccn(Cc4ccccc4)n3)C2)OC1.O=C1CCN(c2ccn(Cc3ccccc3)n2)C1.OC1CCN(c2ccn(Cc3ccccc3)n2)C1.OC1COC(c2ccccc2)OC1.OCC(O)CO. The van der Waals surface area contributed by atoms with Crippen molar-refractivity contribution in [3.05, 3.63) is 216 Å². The third-order valence-corrected chi connectivity index (χ3v) is 19.4. The zero-order valence-corrected chi connectivity index (χ0v) is 70.1. The second kappa shape index (κ2) is 58.1. The molecule has 5 aromatic carbocycles. The molecule has 0 aliphatic carbocycles. The third kappa shape index (κ3) is 37.9. The first-order chi connectivity index (χ1) is 58.1. The summed E-state index contributed by atoms with van der Waals surface area (Å²) >= 11 is 0. The number of benzene rings is 5. The summed E-state index contributed by atoms with van der Waals surface area (Å²) in [5.74, 6) is 2.64. The molecule has 1 atom stereocenters. The Morgan fingerprint density at radius 1 is 0.437 bits per heavy atom. The lowest BCUT2D eigenvalue weighted by atomic mass is 10.2. The van der Waals surface area contributed by atoms with Gasteiger partial charge in [-0.1, -0.05) is 205 Å². The van der Waals surface area contributed by atoms with Crippen LogP contribution in [0.2, 0.25) is 0 Å². The first-order valence-electron chi connectivity index (χ1n) is 42.1. The molecule has 6 saturated heterocycles. The van der Waals surface area contributed by atoms with Gasteiger partial charge in [0.25, 0.3) is 0 Å². The van der Waals surface area contributed by atoms with Crippen LogP contribution in [0.3, 0.4) is 0 Å². The Morgan fingerprint density at radius 2 is 0.815 bits per heavy atom. The Morgan fingerprint density at radius 3 is 1.18 bits per heavy atom. The lowest BCUT2D eigenvalue weighted by Gasteiger charge is -2.37. The molecule has 0 saturated carbocycles. The molecule has 1 spiro atoms. The predicted molar refractivity (Wildman–Crippen MR) is 455 cm³/mol. The van der Waals surface area contributed by atoms with Gasteiger partial charge in [-0.2, -0.15) is 15.3 Å². The summed E-state index contributed by atoms with van der Waals surface area (Å²) in [5.41, 5.74) is 5.78. The smallest absolute Gasteiger partial charge is 0.187 e. The van der Waals surface area contributed by atoms with E-state index in [-0.39, 0.29) is 82.7 Å². The van der Waals surface area contributed by atoms with Crippen LogP contribution in [-0.4, -0.2) is 275 Å². The maximum Gasteiger partial charge on any atom is 0.187 e. The van der Waals surface area contributed by atoms with E-state index in [1.807, 2.05) is 153 Å². The molecule has 9 N–H and O–H groups in total. The maximum absolute atomic E-state index is 11.2. The number of ether oxygens (including phenoxy) is 10. The number of nitrogens with zero attached hydrogens (tertiary/aromatic N) is 9. The number of carbonyl (C=O) groups excluding carboxylic acids is 1. The van der Waals surface area contributed by atoms with Gasteiger partial charge in [0.1, 0.15) is 36.6 Å². The number of hydrogen-bond acceptors (Lipinski definition) is 26. The van der Waals surface area contributed by atoms with E-state index in [0.717, 1.165) is 152 Å². The molecule has 3 aromatic heterocycles. The third-order valence-electron chi connectivity index (χ3n) is 19.4. The van der Waals surface area contributed by atoms with Gasteiger partial charge in [0.15, 0.2) is 41.6 Å². The quantitative estimate of drug-likeness (QED) is 0.0173. The summed E-state index contributed by atoms with van der Waals surface area (Å²) in [6, 6.07) is 56.7. The summed E-state index contributed by atoms with van der Waals surface area (Å²) in [4.78, 5) is 17.7. The Bertz CT molecular complexity index is 3770. The fraction of sp³-hybridized carbons (Fsp3) is 0.556. The zero-order chi connectivity index (χ0) is 84.9. The molecule has 119 heavy (non-hydrogen) atoms. The fourth-order valence-electron chi connectivity index (χ4n) is 12.4. The van der Waals surface area contributed by atoms with Gasteiger partial charge in [-0.05, 0) is 48.8 Å². The molecule has 6 aliphatic heterocycles. The molecule has 8 aromatic rings. The normalized spacial score (nSPS) is 20.0. The van der Waals surface area contributed by atoms with Crippen molar-refractivity contribution in [3.8, 4) is 0 Å². The van der Waals surface area contributed by atoms with Crippen LogP contribution in [0.5, 0.6) is 0 Å². The highest BCUT2D eigenvalue weighted by atomic mass is 16.7. The van der Waals surface area contributed by atoms with E-state index in [0.29, 0.717) is 78.1 Å². The number of hydrogen-bond donors (Lipinski definition) is 9. The summed E-state index contributed by atoms with van der Waals surface area (Å²) in [7, 11) is 0. The Balaban J connectivity index is 0.000000194. The van der Waals surface area contributed by atoms with Gasteiger partial charge in [0, 0.05) is 113 Å². The molecule has 6 fully saturated rings. The molecule has 6 aliphatic rings. The van der Waals surface area contributed by atoms with Crippen molar-refractivity contribution in [1.29, 1.82) is 0 Å². The average Bonchev–Trinajstić information content (AvgIpc) is 1.64. The highest BCUT2D eigenvalue weighted by molar-refractivity contribution is 5.86. The van der Waals surface area contributed by atoms with Crippen LogP contribution in [0, 0.1) is 0 Å². The molecular formula is C90H133N9O20. The number of aromatic nitrogens is 6. The molecule has 0 bridgehead atoms. The van der Waals surface area contributed by atoms with Gasteiger partial charge in [-0.15, -0.1) is 0 Å². The van der Waals surface area contributed by atoms with Crippen molar-refractivity contribution < 1.29 is 98.1 Å². The van der Waals surface area contributed by atoms with Crippen LogP contribution in [0.15, 0.2) is 188 Å². The highest BCUT2D eigenvalue weighted by Crippen LogP contribution is 2.34. The zero-order valence-electron chi connectivity index (χ0n) is 70.1. The minimum absolute atomic E-state index is 0.0568. The monoisotopic (exact) mass is 1660 g/mol. The van der Waals surface area contributed by atoms with Crippen LogP contribution < -0.4 is 14.7 Å². The minimum Gasteiger partial charge on any atom is -0.394 e. The second-order valence-electron chi connectivity index (χ2n) is 29.5. The highest BCUT2D eigenvalue weighted by Gasteiger charge is 2.45. The summed E-state index contributed by atoms with van der Waals surface area (Å²) < 4.78 is 61.6. The van der Waals surface area contributed by atoms with Gasteiger partial charge in [-0.3, -0.25) is 18.8 Å². The van der Waals surface area contributed by atoms with Crippen molar-refractivity contribution in [2.45, 2.75) is 179 Å². The van der Waals surface area contributed by atoms with Crippen LogP contribution in [0.4, 0.5) is 17.5 Å². The van der Waals surface area contributed by atoms with Gasteiger partial charge >= 0.3 is 0 Å². The lowest BCUT2D eigenvalue weighted by molar-refractivity contribution is -0.286. The number of aliphatic hydroxyl groups excluding tert-OH is 9. The van der Waals surface area contributed by atoms with E-state index in [9.17, 15) is 9.90 Å². The molecule has 29 heteroatoms. The molecular weight excluding hydrogens is 1530 g/mol. The van der Waals surface area contributed by atoms with E-state index in [1.54, 1.807) is 0 Å². The molecule has 1 unspecified atom stereocenters. The number of β-amino-alcohol motifs (C(OH)–C–C–N with tert-alkyl or cyclic N) is 1. The summed E-state index contributed by atoms with van der Waals surface area (Å²) in [6.07, 6.45) is 14.1. The number of ketones is 1. The maximum atomic E-state index is 11.2. The largest absolute Gasteiger partial charge is 0.394 e.